The number of carboxylic acid groups (broad SMARTS) is 1. The Kier molecular flexibility index (Phi) is 6.45. The maximum absolute atomic E-state index is 10.9. The number of benzene rings is 1. The van der Waals surface area contributed by atoms with Crippen molar-refractivity contribution in [2.45, 2.75) is 6.92 Å². The number of aromatic carboxylic acids is 1. The summed E-state index contributed by atoms with van der Waals surface area (Å²) in [6.07, 6.45) is 0. The van der Waals surface area contributed by atoms with E-state index in [2.05, 4.69) is 15.9 Å². The Hall–Kier alpha value is -1.51. The molecule has 2 rings (SSSR count). The van der Waals surface area contributed by atoms with Crippen LogP contribution in [0.3, 0.4) is 0 Å². The van der Waals surface area contributed by atoms with Crippen LogP contribution in [0.2, 0.25) is 0 Å². The molecule has 2 aromatic rings. The normalized spacial score (nSPS) is 8.78. The summed E-state index contributed by atoms with van der Waals surface area (Å²) >= 11 is 3.40. The molecule has 0 aliphatic carbocycles. The smallest absolute Gasteiger partial charge is 0.352 e. The first-order valence-corrected chi connectivity index (χ1v) is 5.60. The van der Waals surface area contributed by atoms with Crippen LogP contribution in [0.5, 0.6) is 0 Å². The van der Waals surface area contributed by atoms with Gasteiger partial charge in [0.15, 0.2) is 0 Å². The Morgan fingerprint density at radius 2 is 2.06 bits per heavy atom. The van der Waals surface area contributed by atoms with Crippen LogP contribution < -0.4 is 0 Å². The second kappa shape index (κ2) is 7.04. The first kappa shape index (κ1) is 16.5. The predicted octanol–water partition coefficient (Wildman–Crippen LogP) is 3.59. The number of nitriles is 1. The molecule has 0 unspecified atom stereocenters. The van der Waals surface area contributed by atoms with Gasteiger partial charge >= 0.3 is 5.97 Å². The highest BCUT2D eigenvalue weighted by Crippen LogP contribution is 2.26. The van der Waals surface area contributed by atoms with Gasteiger partial charge in [-0.2, -0.15) is 5.26 Å². The molecule has 0 radical (unpaired) electrons. The van der Waals surface area contributed by atoms with Crippen LogP contribution >= 0.6 is 28.3 Å². The average Bonchev–Trinajstić information content (AvgIpc) is 2.59. The lowest BCUT2D eigenvalue weighted by atomic mass is 10.2. The van der Waals surface area contributed by atoms with Gasteiger partial charge < -0.3 is 9.67 Å². The van der Waals surface area contributed by atoms with Crippen LogP contribution in [0.15, 0.2) is 28.7 Å². The van der Waals surface area contributed by atoms with Crippen molar-refractivity contribution in [3.05, 3.63) is 34.4 Å². The number of carbonyl (C=O) groups is 1. The molecule has 0 bridgehead atoms. The number of hydrogen-bond donors (Lipinski definition) is 1. The lowest BCUT2D eigenvalue weighted by Crippen LogP contribution is -2.03. The molecule has 0 spiro atoms. The fourth-order valence-corrected chi connectivity index (χ4v) is 2.22. The highest BCUT2D eigenvalue weighted by Gasteiger charge is 2.12. The summed E-state index contributed by atoms with van der Waals surface area (Å²) in [4.78, 5) is 10.9. The summed E-state index contributed by atoms with van der Waals surface area (Å²) in [6.45, 7) is 1.43. The summed E-state index contributed by atoms with van der Waals surface area (Å²) in [5, 5.41) is 17.2. The standard InChI is InChI=1S/C10H8BrNO2.C2H3N.ClH/c1-12-8(10(13)14)5-6-3-2-4-7(11)9(6)12;1-2-3;/h2-5H,1H3,(H,13,14);1H3;1H. The van der Waals surface area contributed by atoms with Crippen LogP contribution in [0.25, 0.3) is 10.9 Å². The number of aryl methyl sites for hydroxylation is 1. The highest BCUT2D eigenvalue weighted by atomic mass is 79.9. The summed E-state index contributed by atoms with van der Waals surface area (Å²) in [5.41, 5.74) is 1.21. The van der Waals surface area contributed by atoms with E-state index in [0.29, 0.717) is 5.69 Å². The van der Waals surface area contributed by atoms with Gasteiger partial charge in [0, 0.05) is 23.8 Å². The van der Waals surface area contributed by atoms with Gasteiger partial charge in [0.05, 0.1) is 11.6 Å². The van der Waals surface area contributed by atoms with E-state index >= 15 is 0 Å². The fourth-order valence-electron chi connectivity index (χ4n) is 1.57. The first-order valence-electron chi connectivity index (χ1n) is 4.81. The zero-order valence-electron chi connectivity index (χ0n) is 9.85. The second-order valence-corrected chi connectivity index (χ2v) is 4.15. The zero-order chi connectivity index (χ0) is 13.0. The molecule has 0 aliphatic rings. The van der Waals surface area contributed by atoms with E-state index in [1.165, 1.54) is 6.92 Å². The van der Waals surface area contributed by atoms with Gasteiger partial charge in [0.1, 0.15) is 5.69 Å². The molecule has 0 atom stereocenters. The number of aromatic nitrogens is 1. The van der Waals surface area contributed by atoms with Gasteiger partial charge in [-0.05, 0) is 28.1 Å². The van der Waals surface area contributed by atoms with Crippen molar-refractivity contribution in [2.24, 2.45) is 7.05 Å². The van der Waals surface area contributed by atoms with E-state index in [-0.39, 0.29) is 12.4 Å². The lowest BCUT2D eigenvalue weighted by molar-refractivity contribution is 0.0687. The number of para-hydroxylation sites is 1. The van der Waals surface area contributed by atoms with Crippen molar-refractivity contribution in [2.75, 3.05) is 0 Å². The molecule has 96 valence electrons. The van der Waals surface area contributed by atoms with Gasteiger partial charge in [-0.15, -0.1) is 12.4 Å². The minimum atomic E-state index is -0.907. The average molecular weight is 332 g/mol. The van der Waals surface area contributed by atoms with Crippen molar-refractivity contribution in [3.63, 3.8) is 0 Å². The van der Waals surface area contributed by atoms with Crippen LogP contribution in [0, 0.1) is 11.3 Å². The quantitative estimate of drug-likeness (QED) is 0.868. The minimum Gasteiger partial charge on any atom is -0.477 e. The van der Waals surface area contributed by atoms with Gasteiger partial charge in [-0.3, -0.25) is 0 Å². The molecule has 0 fully saturated rings. The third-order valence-corrected chi connectivity index (χ3v) is 2.87. The largest absolute Gasteiger partial charge is 0.477 e. The molecule has 1 heterocycles. The molecule has 1 aromatic heterocycles. The Morgan fingerprint density at radius 3 is 2.50 bits per heavy atom. The Bertz CT molecular complexity index is 602. The minimum absolute atomic E-state index is 0. The topological polar surface area (TPSA) is 66.0 Å². The highest BCUT2D eigenvalue weighted by molar-refractivity contribution is 9.10. The number of rotatable bonds is 1. The molecule has 18 heavy (non-hydrogen) atoms. The molecular weight excluding hydrogens is 320 g/mol. The number of carboxylic acids is 1. The Balaban J connectivity index is 0.000000660. The van der Waals surface area contributed by atoms with Crippen LogP contribution in [0.4, 0.5) is 0 Å². The van der Waals surface area contributed by atoms with E-state index in [1.807, 2.05) is 18.2 Å². The van der Waals surface area contributed by atoms with Crippen LogP contribution in [-0.4, -0.2) is 15.6 Å². The van der Waals surface area contributed by atoms with Crippen molar-refractivity contribution < 1.29 is 9.90 Å². The van der Waals surface area contributed by atoms with Crippen molar-refractivity contribution in [1.82, 2.24) is 4.57 Å². The van der Waals surface area contributed by atoms with Crippen LogP contribution in [-0.2, 0) is 7.05 Å². The molecule has 1 aromatic carbocycles. The summed E-state index contributed by atoms with van der Waals surface area (Å²) in [6, 6.07) is 9.10. The van der Waals surface area contributed by atoms with Gasteiger partial charge in [-0.25, -0.2) is 4.79 Å². The van der Waals surface area contributed by atoms with Crippen molar-refractivity contribution >= 4 is 45.2 Å². The fraction of sp³-hybridized carbons (Fsp3) is 0.167. The summed E-state index contributed by atoms with van der Waals surface area (Å²) in [7, 11) is 1.75. The maximum Gasteiger partial charge on any atom is 0.352 e. The third-order valence-electron chi connectivity index (χ3n) is 2.23. The Labute approximate surface area is 119 Å². The molecule has 0 saturated carbocycles. The maximum atomic E-state index is 10.9. The number of hydrogen-bond acceptors (Lipinski definition) is 2. The van der Waals surface area contributed by atoms with Gasteiger partial charge in [0.2, 0.25) is 0 Å². The molecule has 1 N–H and O–H groups in total. The number of nitrogens with zero attached hydrogens (tertiary/aromatic N) is 2. The van der Waals surface area contributed by atoms with Crippen molar-refractivity contribution in [3.8, 4) is 6.07 Å². The van der Waals surface area contributed by atoms with E-state index in [0.717, 1.165) is 15.4 Å². The SMILES string of the molecule is CC#N.Cl.Cn1c(C(=O)O)cc2cccc(Br)c21. The van der Waals surface area contributed by atoms with E-state index < -0.39 is 5.97 Å². The van der Waals surface area contributed by atoms with E-state index in [9.17, 15) is 4.79 Å². The molecule has 0 aliphatic heterocycles. The number of fused-ring (bicyclic) bond motifs is 1. The zero-order valence-corrected chi connectivity index (χ0v) is 12.2. The number of halogens is 2. The lowest BCUT2D eigenvalue weighted by Gasteiger charge is -2.00. The summed E-state index contributed by atoms with van der Waals surface area (Å²) < 4.78 is 2.58. The van der Waals surface area contributed by atoms with Gasteiger partial charge in [-0.1, -0.05) is 12.1 Å². The molecule has 0 amide bonds. The monoisotopic (exact) mass is 330 g/mol. The van der Waals surface area contributed by atoms with Crippen molar-refractivity contribution in [1.29, 1.82) is 5.26 Å². The second-order valence-electron chi connectivity index (χ2n) is 3.30. The first-order chi connectivity index (χ1) is 8.02. The predicted molar refractivity (Wildman–Crippen MR) is 76.1 cm³/mol. The Morgan fingerprint density at radius 1 is 1.50 bits per heavy atom. The third kappa shape index (κ3) is 3.25. The molecular formula is C12H12BrClN2O2. The molecule has 4 nitrogen and oxygen atoms in total. The van der Waals surface area contributed by atoms with E-state index in [4.69, 9.17) is 10.4 Å². The molecule has 0 saturated heterocycles. The van der Waals surface area contributed by atoms with Crippen LogP contribution in [0.1, 0.15) is 17.4 Å². The molecule has 6 heteroatoms. The summed E-state index contributed by atoms with van der Waals surface area (Å²) in [5.74, 6) is -0.907. The van der Waals surface area contributed by atoms with Gasteiger partial charge in [0.25, 0.3) is 0 Å². The van der Waals surface area contributed by atoms with E-state index in [1.54, 1.807) is 23.8 Å².